The number of hydrogen-bond donors (Lipinski definition) is 2. The van der Waals surface area contributed by atoms with Crippen LogP contribution in [0.1, 0.15) is 117 Å². The maximum Gasteiger partial charge on any atom is 0.325 e. The Labute approximate surface area is 162 Å². The predicted octanol–water partition coefficient (Wildman–Crippen LogP) is 5.50. The second-order valence-corrected chi connectivity index (χ2v) is 7.74. The average Bonchev–Trinajstić information content (AvgIpc) is 2.63. The van der Waals surface area contributed by atoms with Gasteiger partial charge in [-0.3, -0.25) is 4.79 Å². The smallest absolute Gasteiger partial charge is 0.325 e. The fraction of sp³-hybridized carbons (Fsp3) is 0.955. The minimum absolute atomic E-state index is 0.414. The number of esters is 1. The lowest BCUT2D eigenvalue weighted by atomic mass is 10.0. The van der Waals surface area contributed by atoms with Crippen molar-refractivity contribution in [3.05, 3.63) is 0 Å². The van der Waals surface area contributed by atoms with Crippen molar-refractivity contribution >= 4 is 5.97 Å². The lowest BCUT2D eigenvalue weighted by molar-refractivity contribution is -0.147. The molecule has 0 aliphatic rings. The van der Waals surface area contributed by atoms with E-state index in [9.17, 15) is 9.90 Å². The normalized spacial score (nSPS) is 13.5. The van der Waals surface area contributed by atoms with Crippen LogP contribution in [-0.2, 0) is 9.53 Å². The second kappa shape index (κ2) is 19.2. The molecular weight excluding hydrogens is 326 g/mol. The summed E-state index contributed by atoms with van der Waals surface area (Å²) >= 11 is 0. The van der Waals surface area contributed by atoms with Crippen LogP contribution in [0, 0.1) is 0 Å². The Bertz CT molecular complexity index is 308. The van der Waals surface area contributed by atoms with E-state index in [0.29, 0.717) is 6.61 Å². The summed E-state index contributed by atoms with van der Waals surface area (Å²) in [6.45, 7) is 4.19. The Morgan fingerprint density at radius 2 is 1.12 bits per heavy atom. The van der Waals surface area contributed by atoms with E-state index in [-0.39, 0.29) is 0 Å². The fourth-order valence-corrected chi connectivity index (χ4v) is 3.12. The molecule has 4 heteroatoms. The highest BCUT2D eigenvalue weighted by Gasteiger charge is 2.19. The zero-order chi connectivity index (χ0) is 19.5. The van der Waals surface area contributed by atoms with Crippen molar-refractivity contribution in [1.29, 1.82) is 0 Å². The van der Waals surface area contributed by atoms with E-state index in [2.05, 4.69) is 6.92 Å². The predicted molar refractivity (Wildman–Crippen MR) is 110 cm³/mol. The molecule has 0 amide bonds. The second-order valence-electron chi connectivity index (χ2n) is 7.74. The van der Waals surface area contributed by atoms with E-state index in [0.717, 1.165) is 12.8 Å². The molecule has 2 unspecified atom stereocenters. The summed E-state index contributed by atoms with van der Waals surface area (Å²) < 4.78 is 5.06. The molecule has 0 aliphatic heterocycles. The Hall–Kier alpha value is -0.610. The lowest BCUT2D eigenvalue weighted by Gasteiger charge is -2.13. The molecule has 0 radical (unpaired) electrons. The summed E-state index contributed by atoms with van der Waals surface area (Å²) in [4.78, 5) is 11.4. The highest BCUT2D eigenvalue weighted by atomic mass is 16.5. The summed E-state index contributed by atoms with van der Waals surface area (Å²) in [6.07, 6.45) is 20.4. The van der Waals surface area contributed by atoms with Gasteiger partial charge in [0.1, 0.15) is 6.04 Å². The van der Waals surface area contributed by atoms with Gasteiger partial charge in [0.15, 0.2) is 0 Å². The van der Waals surface area contributed by atoms with E-state index in [1.807, 2.05) is 0 Å². The molecular formula is C22H45NO3. The van der Waals surface area contributed by atoms with E-state index in [1.54, 1.807) is 0 Å². The van der Waals surface area contributed by atoms with Gasteiger partial charge in [-0.25, -0.2) is 0 Å². The maximum absolute atomic E-state index is 11.4. The number of rotatable bonds is 19. The van der Waals surface area contributed by atoms with Crippen LogP contribution >= 0.6 is 0 Å². The Kier molecular flexibility index (Phi) is 18.7. The molecule has 0 saturated carbocycles. The van der Waals surface area contributed by atoms with Gasteiger partial charge in [0.05, 0.1) is 12.7 Å². The van der Waals surface area contributed by atoms with Crippen molar-refractivity contribution in [2.45, 2.75) is 129 Å². The molecule has 0 aromatic carbocycles. The number of carbonyl (C=O) groups excluding carboxylic acids is 1. The Morgan fingerprint density at radius 1 is 0.769 bits per heavy atom. The molecule has 4 nitrogen and oxygen atoms in total. The zero-order valence-electron chi connectivity index (χ0n) is 17.5. The first kappa shape index (κ1) is 25.4. The van der Waals surface area contributed by atoms with E-state index < -0.39 is 18.1 Å². The molecule has 0 saturated heterocycles. The van der Waals surface area contributed by atoms with E-state index >= 15 is 0 Å². The quantitative estimate of drug-likeness (QED) is 0.232. The van der Waals surface area contributed by atoms with Crippen molar-refractivity contribution in [2.75, 3.05) is 6.61 Å². The number of nitrogens with two attached hydrogens (primary N) is 1. The maximum atomic E-state index is 11.4. The minimum Gasteiger partial charge on any atom is -0.464 e. The van der Waals surface area contributed by atoms with Crippen LogP contribution in [0.15, 0.2) is 0 Å². The molecule has 0 bridgehead atoms. The lowest BCUT2D eigenvalue weighted by Crippen LogP contribution is -2.41. The third-order valence-corrected chi connectivity index (χ3v) is 5.03. The molecule has 0 spiro atoms. The topological polar surface area (TPSA) is 72.5 Å². The number of aliphatic hydroxyl groups is 1. The molecule has 26 heavy (non-hydrogen) atoms. The molecule has 0 rings (SSSR count). The van der Waals surface area contributed by atoms with E-state index in [1.165, 1.54) is 96.8 Å². The number of aliphatic hydroxyl groups excluding tert-OH is 1. The number of ether oxygens (including phenoxy) is 1. The summed E-state index contributed by atoms with van der Waals surface area (Å²) in [5.41, 5.74) is 5.51. The van der Waals surface area contributed by atoms with Gasteiger partial charge in [0.25, 0.3) is 0 Å². The molecule has 3 N–H and O–H groups in total. The summed E-state index contributed by atoms with van der Waals surface area (Å²) in [6, 6.07) is -0.920. The zero-order valence-corrected chi connectivity index (χ0v) is 17.5. The van der Waals surface area contributed by atoms with Crippen LogP contribution in [0.25, 0.3) is 0 Å². The highest BCUT2D eigenvalue weighted by molar-refractivity contribution is 5.76. The third kappa shape index (κ3) is 16.8. The molecule has 0 aliphatic carbocycles. The van der Waals surface area contributed by atoms with Gasteiger partial charge in [-0.15, -0.1) is 0 Å². The first-order valence-corrected chi connectivity index (χ1v) is 11.2. The average molecular weight is 372 g/mol. The minimum atomic E-state index is -0.920. The van der Waals surface area contributed by atoms with Crippen LogP contribution < -0.4 is 5.73 Å². The highest BCUT2D eigenvalue weighted by Crippen LogP contribution is 2.13. The number of hydrogen-bond acceptors (Lipinski definition) is 4. The summed E-state index contributed by atoms with van der Waals surface area (Å²) in [5, 5.41) is 9.21. The Morgan fingerprint density at radius 3 is 1.46 bits per heavy atom. The fourth-order valence-electron chi connectivity index (χ4n) is 3.12. The largest absolute Gasteiger partial charge is 0.464 e. The monoisotopic (exact) mass is 371 g/mol. The van der Waals surface area contributed by atoms with Crippen LogP contribution in [0.3, 0.4) is 0 Å². The number of unbranched alkanes of at least 4 members (excludes halogenated alkanes) is 15. The van der Waals surface area contributed by atoms with Crippen molar-refractivity contribution in [3.8, 4) is 0 Å². The molecule has 2 atom stereocenters. The molecule has 156 valence electrons. The van der Waals surface area contributed by atoms with Crippen molar-refractivity contribution in [3.63, 3.8) is 0 Å². The summed E-state index contributed by atoms with van der Waals surface area (Å²) in [7, 11) is 0. The van der Waals surface area contributed by atoms with Gasteiger partial charge in [-0.05, 0) is 13.3 Å². The summed E-state index contributed by atoms with van der Waals surface area (Å²) in [5.74, 6) is -0.499. The van der Waals surface area contributed by atoms with Crippen LogP contribution in [0.5, 0.6) is 0 Å². The molecule has 0 aromatic heterocycles. The van der Waals surface area contributed by atoms with Crippen LogP contribution in [0.2, 0.25) is 0 Å². The standard InChI is InChI=1S/C22H45NO3/c1-3-4-5-6-7-8-9-10-11-12-13-14-15-16-17-18-19-26-22(25)21(23)20(2)24/h20-21,24H,3-19,23H2,1-2H3. The first-order chi connectivity index (χ1) is 12.6. The molecule has 0 fully saturated rings. The van der Waals surface area contributed by atoms with Gasteiger partial charge < -0.3 is 15.6 Å². The molecule has 0 aromatic rings. The van der Waals surface area contributed by atoms with Crippen molar-refractivity contribution in [1.82, 2.24) is 0 Å². The Balaban J connectivity index is 3.15. The van der Waals surface area contributed by atoms with Crippen LogP contribution in [-0.4, -0.2) is 29.8 Å². The van der Waals surface area contributed by atoms with Crippen molar-refractivity contribution < 1.29 is 14.6 Å². The van der Waals surface area contributed by atoms with Crippen molar-refractivity contribution in [2.24, 2.45) is 5.73 Å². The number of carbonyl (C=O) groups is 1. The first-order valence-electron chi connectivity index (χ1n) is 11.2. The molecule has 0 heterocycles. The van der Waals surface area contributed by atoms with Gasteiger partial charge >= 0.3 is 5.97 Å². The third-order valence-electron chi connectivity index (χ3n) is 5.03. The van der Waals surface area contributed by atoms with Gasteiger partial charge in [0.2, 0.25) is 0 Å². The van der Waals surface area contributed by atoms with E-state index in [4.69, 9.17) is 10.5 Å². The van der Waals surface area contributed by atoms with Gasteiger partial charge in [-0.1, -0.05) is 103 Å². The van der Waals surface area contributed by atoms with Gasteiger partial charge in [0, 0.05) is 0 Å². The van der Waals surface area contributed by atoms with Crippen LogP contribution in [0.4, 0.5) is 0 Å². The van der Waals surface area contributed by atoms with Gasteiger partial charge in [-0.2, -0.15) is 0 Å². The SMILES string of the molecule is CCCCCCCCCCCCCCCCCCOC(=O)C(N)C(C)O.